The van der Waals surface area contributed by atoms with E-state index < -0.39 is 0 Å². The second-order valence-electron chi connectivity index (χ2n) is 4.71. The summed E-state index contributed by atoms with van der Waals surface area (Å²) in [5, 5.41) is 3.36. The number of aromatic nitrogens is 2. The van der Waals surface area contributed by atoms with E-state index in [9.17, 15) is 0 Å². The molecule has 2 rings (SSSR count). The molecule has 1 aromatic heterocycles. The zero-order valence-electron chi connectivity index (χ0n) is 11.9. The van der Waals surface area contributed by atoms with Crippen molar-refractivity contribution < 1.29 is 0 Å². The van der Waals surface area contributed by atoms with Gasteiger partial charge in [-0.3, -0.25) is 0 Å². The summed E-state index contributed by atoms with van der Waals surface area (Å²) in [6.45, 7) is 4.08. The van der Waals surface area contributed by atoms with Crippen molar-refractivity contribution in [2.75, 3.05) is 7.05 Å². The Hall–Kier alpha value is -1.74. The first-order chi connectivity index (χ1) is 9.22. The molecule has 3 nitrogen and oxygen atoms in total. The molecule has 0 aliphatic heterocycles. The summed E-state index contributed by atoms with van der Waals surface area (Å²) < 4.78 is 0. The summed E-state index contributed by atoms with van der Waals surface area (Å²) in [6.07, 6.45) is 1.84. The number of rotatable bonds is 5. The van der Waals surface area contributed by atoms with E-state index in [0.29, 0.717) is 6.04 Å². The van der Waals surface area contributed by atoms with E-state index in [1.54, 1.807) is 0 Å². The van der Waals surface area contributed by atoms with E-state index in [2.05, 4.69) is 52.5 Å². The number of hydrogen-bond acceptors (Lipinski definition) is 3. The molecule has 1 aromatic carbocycles. The Labute approximate surface area is 115 Å². The molecule has 1 heterocycles. The maximum Gasteiger partial charge on any atom is 0.125 e. The van der Waals surface area contributed by atoms with Crippen molar-refractivity contribution in [2.24, 2.45) is 0 Å². The average molecular weight is 255 g/mol. The van der Waals surface area contributed by atoms with Gasteiger partial charge in [-0.2, -0.15) is 0 Å². The first-order valence-corrected chi connectivity index (χ1v) is 6.78. The van der Waals surface area contributed by atoms with Crippen LogP contribution in [0.2, 0.25) is 0 Å². The highest BCUT2D eigenvalue weighted by atomic mass is 14.9. The SMILES string of the molecule is CCc1cc(CC(NC)c2ccccc2)nc(C)n1. The lowest BCUT2D eigenvalue weighted by Gasteiger charge is -2.16. The molecule has 0 radical (unpaired) electrons. The Kier molecular flexibility index (Phi) is 4.63. The van der Waals surface area contributed by atoms with Gasteiger partial charge < -0.3 is 5.32 Å². The van der Waals surface area contributed by atoms with E-state index in [1.165, 1.54) is 5.56 Å². The van der Waals surface area contributed by atoms with Crippen LogP contribution < -0.4 is 5.32 Å². The summed E-state index contributed by atoms with van der Waals surface area (Å²) in [5.41, 5.74) is 3.51. The lowest BCUT2D eigenvalue weighted by atomic mass is 10.0. The van der Waals surface area contributed by atoms with E-state index >= 15 is 0 Å². The third-order valence-electron chi connectivity index (χ3n) is 3.27. The molecular weight excluding hydrogens is 234 g/mol. The van der Waals surface area contributed by atoms with Crippen LogP contribution in [0.25, 0.3) is 0 Å². The molecule has 0 spiro atoms. The molecule has 1 atom stereocenters. The van der Waals surface area contributed by atoms with Gasteiger partial charge in [0.15, 0.2) is 0 Å². The predicted octanol–water partition coefficient (Wildman–Crippen LogP) is 2.85. The third kappa shape index (κ3) is 3.61. The van der Waals surface area contributed by atoms with Crippen LogP contribution in [-0.4, -0.2) is 17.0 Å². The van der Waals surface area contributed by atoms with Crippen LogP contribution in [0.15, 0.2) is 36.4 Å². The van der Waals surface area contributed by atoms with Gasteiger partial charge in [0, 0.05) is 23.9 Å². The van der Waals surface area contributed by atoms with Crippen LogP contribution in [0.5, 0.6) is 0 Å². The van der Waals surface area contributed by atoms with Gasteiger partial charge in [0.2, 0.25) is 0 Å². The average Bonchev–Trinajstić information content (AvgIpc) is 2.45. The third-order valence-corrected chi connectivity index (χ3v) is 3.27. The second-order valence-corrected chi connectivity index (χ2v) is 4.71. The molecule has 2 aromatic rings. The number of benzene rings is 1. The summed E-state index contributed by atoms with van der Waals surface area (Å²) in [5.74, 6) is 0.859. The summed E-state index contributed by atoms with van der Waals surface area (Å²) in [4.78, 5) is 8.97. The summed E-state index contributed by atoms with van der Waals surface area (Å²) in [7, 11) is 1.99. The molecule has 0 saturated carbocycles. The normalized spacial score (nSPS) is 12.4. The Morgan fingerprint density at radius 1 is 1.11 bits per heavy atom. The fourth-order valence-electron chi connectivity index (χ4n) is 2.26. The van der Waals surface area contributed by atoms with Crippen molar-refractivity contribution in [3.63, 3.8) is 0 Å². The smallest absolute Gasteiger partial charge is 0.125 e. The highest BCUT2D eigenvalue weighted by Crippen LogP contribution is 2.17. The Bertz CT molecular complexity index is 523. The minimum Gasteiger partial charge on any atom is -0.313 e. The molecule has 0 bridgehead atoms. The summed E-state index contributed by atoms with van der Waals surface area (Å²) >= 11 is 0. The molecule has 0 saturated heterocycles. The lowest BCUT2D eigenvalue weighted by Crippen LogP contribution is -2.19. The van der Waals surface area contributed by atoms with Gasteiger partial charge in [0.05, 0.1) is 0 Å². The quantitative estimate of drug-likeness (QED) is 0.892. The van der Waals surface area contributed by atoms with Gasteiger partial charge >= 0.3 is 0 Å². The van der Waals surface area contributed by atoms with Crippen LogP contribution >= 0.6 is 0 Å². The zero-order valence-corrected chi connectivity index (χ0v) is 11.9. The van der Waals surface area contributed by atoms with Crippen LogP contribution in [0, 0.1) is 6.92 Å². The first-order valence-electron chi connectivity index (χ1n) is 6.78. The van der Waals surface area contributed by atoms with Gasteiger partial charge in [-0.15, -0.1) is 0 Å². The standard InChI is InChI=1S/C16H21N3/c1-4-14-10-15(19-12(2)18-14)11-16(17-3)13-8-6-5-7-9-13/h5-10,16-17H,4,11H2,1-3H3. The van der Waals surface area contributed by atoms with Gasteiger partial charge in [0.25, 0.3) is 0 Å². The molecule has 100 valence electrons. The molecular formula is C16H21N3. The van der Waals surface area contributed by atoms with E-state index in [4.69, 9.17) is 0 Å². The Balaban J connectivity index is 2.21. The fraction of sp³-hybridized carbons (Fsp3) is 0.375. The molecule has 0 aliphatic carbocycles. The van der Waals surface area contributed by atoms with Gasteiger partial charge in [-0.25, -0.2) is 9.97 Å². The maximum absolute atomic E-state index is 4.54. The van der Waals surface area contributed by atoms with Crippen molar-refractivity contribution in [3.8, 4) is 0 Å². The molecule has 19 heavy (non-hydrogen) atoms. The number of aryl methyl sites for hydroxylation is 2. The number of hydrogen-bond donors (Lipinski definition) is 1. The highest BCUT2D eigenvalue weighted by Gasteiger charge is 2.11. The van der Waals surface area contributed by atoms with Crippen molar-refractivity contribution in [1.82, 2.24) is 15.3 Å². The molecule has 3 heteroatoms. The highest BCUT2D eigenvalue weighted by molar-refractivity contribution is 5.22. The topological polar surface area (TPSA) is 37.8 Å². The van der Waals surface area contributed by atoms with Crippen LogP contribution in [0.3, 0.4) is 0 Å². The Morgan fingerprint density at radius 3 is 2.42 bits per heavy atom. The van der Waals surface area contributed by atoms with Crippen molar-refractivity contribution >= 4 is 0 Å². The maximum atomic E-state index is 4.54. The molecule has 0 amide bonds. The molecule has 1 N–H and O–H groups in total. The minimum atomic E-state index is 0.292. The first kappa shape index (κ1) is 13.7. The van der Waals surface area contributed by atoms with Crippen LogP contribution in [0.1, 0.15) is 35.7 Å². The largest absolute Gasteiger partial charge is 0.313 e. The van der Waals surface area contributed by atoms with Crippen molar-refractivity contribution in [1.29, 1.82) is 0 Å². The van der Waals surface area contributed by atoms with E-state index in [-0.39, 0.29) is 0 Å². The summed E-state index contributed by atoms with van der Waals surface area (Å²) in [6, 6.07) is 12.9. The molecule has 0 fully saturated rings. The monoisotopic (exact) mass is 255 g/mol. The second kappa shape index (κ2) is 6.43. The number of nitrogens with zero attached hydrogens (tertiary/aromatic N) is 2. The fourth-order valence-corrected chi connectivity index (χ4v) is 2.26. The zero-order chi connectivity index (χ0) is 13.7. The van der Waals surface area contributed by atoms with Crippen LogP contribution in [0.4, 0.5) is 0 Å². The van der Waals surface area contributed by atoms with Gasteiger partial charge in [-0.05, 0) is 32.0 Å². The van der Waals surface area contributed by atoms with Crippen molar-refractivity contribution in [2.45, 2.75) is 32.7 Å². The van der Waals surface area contributed by atoms with Gasteiger partial charge in [0.1, 0.15) is 5.82 Å². The molecule has 1 unspecified atom stereocenters. The Morgan fingerprint density at radius 2 is 1.79 bits per heavy atom. The molecule has 0 aliphatic rings. The predicted molar refractivity (Wildman–Crippen MR) is 78.1 cm³/mol. The van der Waals surface area contributed by atoms with E-state index in [0.717, 1.165) is 30.1 Å². The van der Waals surface area contributed by atoms with E-state index in [1.807, 2.05) is 20.0 Å². The number of nitrogens with one attached hydrogen (secondary N) is 1. The lowest BCUT2D eigenvalue weighted by molar-refractivity contribution is 0.581. The van der Waals surface area contributed by atoms with Gasteiger partial charge in [-0.1, -0.05) is 37.3 Å². The van der Waals surface area contributed by atoms with Crippen LogP contribution in [-0.2, 0) is 12.8 Å². The minimum absolute atomic E-state index is 0.292. The van der Waals surface area contributed by atoms with Crippen molar-refractivity contribution in [3.05, 3.63) is 59.2 Å². The number of likely N-dealkylation sites (N-methyl/N-ethyl adjacent to an activating group) is 1.